The van der Waals surface area contributed by atoms with Crippen molar-refractivity contribution in [2.45, 2.75) is 26.2 Å². The predicted molar refractivity (Wildman–Crippen MR) is 93.9 cm³/mol. The summed E-state index contributed by atoms with van der Waals surface area (Å²) in [5, 5.41) is 8.83. The van der Waals surface area contributed by atoms with Gasteiger partial charge in [0.05, 0.1) is 16.7 Å². The number of benzene rings is 1. The molecule has 1 aromatic carbocycles. The van der Waals surface area contributed by atoms with Gasteiger partial charge in [-0.25, -0.2) is 9.97 Å². The molecule has 0 bridgehead atoms. The fourth-order valence-electron chi connectivity index (χ4n) is 3.19. The molecule has 5 nitrogen and oxygen atoms in total. The number of aliphatic hydroxyl groups excluding tert-OH is 1. The van der Waals surface area contributed by atoms with Crippen LogP contribution in [-0.4, -0.2) is 59.3 Å². The molecular formula is C18H26N4O. The highest BCUT2D eigenvalue weighted by Crippen LogP contribution is 2.21. The third kappa shape index (κ3) is 3.98. The number of para-hydroxylation sites is 2. The Labute approximate surface area is 138 Å². The minimum absolute atomic E-state index is 0.313. The van der Waals surface area contributed by atoms with E-state index in [9.17, 15) is 0 Å². The van der Waals surface area contributed by atoms with E-state index >= 15 is 0 Å². The summed E-state index contributed by atoms with van der Waals surface area (Å²) in [6.45, 7) is 7.67. The van der Waals surface area contributed by atoms with E-state index in [1.807, 2.05) is 24.3 Å². The molecule has 0 atom stereocenters. The van der Waals surface area contributed by atoms with Gasteiger partial charge in [0.1, 0.15) is 0 Å². The summed E-state index contributed by atoms with van der Waals surface area (Å²) < 4.78 is 0. The smallest absolute Gasteiger partial charge is 0.150 e. The van der Waals surface area contributed by atoms with Crippen LogP contribution < -0.4 is 4.90 Å². The Hall–Kier alpha value is -1.72. The monoisotopic (exact) mass is 314 g/mol. The molecule has 2 aromatic rings. The molecule has 1 aliphatic heterocycles. The molecule has 0 spiro atoms. The number of hydrogen-bond acceptors (Lipinski definition) is 5. The SMILES string of the molecule is Cc1nc2ccccc2nc1N1CCN(CCCCCO)CC1. The number of hydrogen-bond donors (Lipinski definition) is 1. The molecule has 1 aliphatic rings. The van der Waals surface area contributed by atoms with Crippen LogP contribution in [0.3, 0.4) is 0 Å². The van der Waals surface area contributed by atoms with E-state index < -0.39 is 0 Å². The van der Waals surface area contributed by atoms with Gasteiger partial charge in [0.25, 0.3) is 0 Å². The zero-order valence-corrected chi connectivity index (χ0v) is 13.9. The van der Waals surface area contributed by atoms with E-state index in [1.54, 1.807) is 0 Å². The largest absolute Gasteiger partial charge is 0.396 e. The molecular weight excluding hydrogens is 288 g/mol. The fraction of sp³-hybridized carbons (Fsp3) is 0.556. The number of fused-ring (bicyclic) bond motifs is 1. The van der Waals surface area contributed by atoms with Crippen molar-refractivity contribution < 1.29 is 5.11 Å². The van der Waals surface area contributed by atoms with Gasteiger partial charge in [-0.15, -0.1) is 0 Å². The highest BCUT2D eigenvalue weighted by Gasteiger charge is 2.20. The van der Waals surface area contributed by atoms with Gasteiger partial charge in [-0.05, 0) is 44.9 Å². The van der Waals surface area contributed by atoms with Crippen LogP contribution in [0, 0.1) is 6.92 Å². The van der Waals surface area contributed by atoms with E-state index in [0.717, 1.165) is 68.1 Å². The van der Waals surface area contributed by atoms with Gasteiger partial charge in [-0.1, -0.05) is 12.1 Å². The van der Waals surface area contributed by atoms with Crippen molar-refractivity contribution in [3.05, 3.63) is 30.0 Å². The molecule has 2 heterocycles. The molecule has 3 rings (SSSR count). The lowest BCUT2D eigenvalue weighted by Gasteiger charge is -2.35. The Morgan fingerprint density at radius 3 is 2.35 bits per heavy atom. The van der Waals surface area contributed by atoms with Crippen LogP contribution in [0.15, 0.2) is 24.3 Å². The number of piperazine rings is 1. The summed E-state index contributed by atoms with van der Waals surface area (Å²) in [7, 11) is 0. The topological polar surface area (TPSA) is 52.5 Å². The average molecular weight is 314 g/mol. The Bertz CT molecular complexity index is 638. The van der Waals surface area contributed by atoms with Crippen LogP contribution in [0.4, 0.5) is 5.82 Å². The van der Waals surface area contributed by atoms with Gasteiger partial charge >= 0.3 is 0 Å². The maximum absolute atomic E-state index is 8.83. The van der Waals surface area contributed by atoms with E-state index in [1.165, 1.54) is 6.42 Å². The first-order valence-corrected chi connectivity index (χ1v) is 8.59. The number of aryl methyl sites for hydroxylation is 1. The summed E-state index contributed by atoms with van der Waals surface area (Å²) in [5.41, 5.74) is 2.95. The van der Waals surface area contributed by atoms with E-state index in [4.69, 9.17) is 15.1 Å². The lowest BCUT2D eigenvalue weighted by atomic mass is 10.2. The Morgan fingerprint density at radius 2 is 1.65 bits per heavy atom. The molecule has 124 valence electrons. The van der Waals surface area contributed by atoms with Crippen molar-refractivity contribution in [2.24, 2.45) is 0 Å². The second-order valence-corrected chi connectivity index (χ2v) is 6.23. The molecule has 0 aliphatic carbocycles. The van der Waals surface area contributed by atoms with Crippen LogP contribution in [0.25, 0.3) is 11.0 Å². The zero-order valence-electron chi connectivity index (χ0n) is 13.9. The first-order chi connectivity index (χ1) is 11.3. The number of nitrogens with zero attached hydrogens (tertiary/aromatic N) is 4. The fourth-order valence-corrected chi connectivity index (χ4v) is 3.19. The zero-order chi connectivity index (χ0) is 16.1. The van der Waals surface area contributed by atoms with Crippen molar-refractivity contribution in [3.8, 4) is 0 Å². The Kier molecular flexibility index (Phi) is 5.41. The van der Waals surface area contributed by atoms with Gasteiger partial charge in [0.2, 0.25) is 0 Å². The number of anilines is 1. The quantitative estimate of drug-likeness (QED) is 0.829. The van der Waals surface area contributed by atoms with Crippen molar-refractivity contribution in [3.63, 3.8) is 0 Å². The van der Waals surface area contributed by atoms with Gasteiger partial charge < -0.3 is 10.0 Å². The van der Waals surface area contributed by atoms with Crippen LogP contribution >= 0.6 is 0 Å². The van der Waals surface area contributed by atoms with Crippen LogP contribution in [0.5, 0.6) is 0 Å². The molecule has 5 heteroatoms. The highest BCUT2D eigenvalue weighted by atomic mass is 16.2. The van der Waals surface area contributed by atoms with Crippen LogP contribution in [0.1, 0.15) is 25.0 Å². The molecule has 0 unspecified atom stereocenters. The van der Waals surface area contributed by atoms with Crippen LogP contribution in [-0.2, 0) is 0 Å². The third-order valence-electron chi connectivity index (χ3n) is 4.52. The van der Waals surface area contributed by atoms with E-state index in [2.05, 4.69) is 16.7 Å². The minimum Gasteiger partial charge on any atom is -0.396 e. The molecule has 1 saturated heterocycles. The lowest BCUT2D eigenvalue weighted by molar-refractivity contribution is 0.242. The number of unbranched alkanes of at least 4 members (excludes halogenated alkanes) is 2. The maximum Gasteiger partial charge on any atom is 0.150 e. The predicted octanol–water partition coefficient (Wildman–Crippen LogP) is 2.22. The molecule has 0 saturated carbocycles. The van der Waals surface area contributed by atoms with E-state index in [0.29, 0.717) is 6.61 Å². The molecule has 0 radical (unpaired) electrons. The summed E-state index contributed by atoms with van der Waals surface area (Å²) >= 11 is 0. The van der Waals surface area contributed by atoms with Gasteiger partial charge in [0, 0.05) is 32.8 Å². The number of aliphatic hydroxyl groups is 1. The summed E-state index contributed by atoms with van der Waals surface area (Å²) in [4.78, 5) is 14.4. The number of rotatable bonds is 6. The Morgan fingerprint density at radius 1 is 0.957 bits per heavy atom. The summed E-state index contributed by atoms with van der Waals surface area (Å²) in [6, 6.07) is 8.07. The average Bonchev–Trinajstić information content (AvgIpc) is 2.59. The molecule has 23 heavy (non-hydrogen) atoms. The molecule has 0 amide bonds. The second kappa shape index (κ2) is 7.70. The van der Waals surface area contributed by atoms with Crippen LogP contribution in [0.2, 0.25) is 0 Å². The Balaban J connectivity index is 1.60. The standard InChI is InChI=1S/C18H26N4O/c1-15-18(20-17-8-4-3-7-16(17)19-15)22-12-10-21(11-13-22)9-5-2-6-14-23/h3-4,7-8,23H,2,5-6,9-14H2,1H3. The molecule has 1 aromatic heterocycles. The maximum atomic E-state index is 8.83. The van der Waals surface area contributed by atoms with Crippen molar-refractivity contribution >= 4 is 16.9 Å². The highest BCUT2D eigenvalue weighted by molar-refractivity contribution is 5.76. The lowest BCUT2D eigenvalue weighted by Crippen LogP contribution is -2.47. The van der Waals surface area contributed by atoms with Crippen molar-refractivity contribution in [1.29, 1.82) is 0 Å². The van der Waals surface area contributed by atoms with Gasteiger partial charge in [-0.2, -0.15) is 0 Å². The van der Waals surface area contributed by atoms with Crippen molar-refractivity contribution in [2.75, 3.05) is 44.2 Å². The minimum atomic E-state index is 0.313. The molecule has 1 fully saturated rings. The van der Waals surface area contributed by atoms with E-state index in [-0.39, 0.29) is 0 Å². The third-order valence-corrected chi connectivity index (χ3v) is 4.52. The first-order valence-electron chi connectivity index (χ1n) is 8.59. The molecule has 1 N–H and O–H groups in total. The summed E-state index contributed by atoms with van der Waals surface area (Å²) in [5.74, 6) is 1.03. The van der Waals surface area contributed by atoms with Gasteiger partial charge in [-0.3, -0.25) is 4.90 Å². The van der Waals surface area contributed by atoms with Crippen molar-refractivity contribution in [1.82, 2.24) is 14.9 Å². The summed E-state index contributed by atoms with van der Waals surface area (Å²) in [6.07, 6.45) is 3.22. The second-order valence-electron chi connectivity index (χ2n) is 6.23. The normalized spacial score (nSPS) is 16.2. The van der Waals surface area contributed by atoms with Gasteiger partial charge in [0.15, 0.2) is 5.82 Å². The number of aromatic nitrogens is 2. The first kappa shape index (κ1) is 16.1.